The van der Waals surface area contributed by atoms with Crippen molar-refractivity contribution in [2.24, 2.45) is 0 Å². The standard InChI is InChI=1S/C19H21BrINO2/c1-3-10-24-18-9-6-15(12-17(18)21)19(23)22-13(2)11-14-4-7-16(20)8-5-14/h4-9,12-13H,3,10-11H2,1-2H3,(H,22,23)/t13-/m1/s1. The third-order valence-corrected chi connectivity index (χ3v) is 4.86. The Morgan fingerprint density at radius 2 is 1.96 bits per heavy atom. The van der Waals surface area contributed by atoms with Crippen LogP contribution < -0.4 is 10.1 Å². The molecule has 0 aliphatic heterocycles. The second kappa shape index (κ2) is 9.42. The quantitative estimate of drug-likeness (QED) is 0.529. The first-order valence-electron chi connectivity index (χ1n) is 7.97. The predicted molar refractivity (Wildman–Crippen MR) is 110 cm³/mol. The number of rotatable bonds is 7. The third-order valence-electron chi connectivity index (χ3n) is 3.49. The van der Waals surface area contributed by atoms with Crippen LogP contribution in [0.15, 0.2) is 46.9 Å². The van der Waals surface area contributed by atoms with Gasteiger partial charge in [0.15, 0.2) is 0 Å². The van der Waals surface area contributed by atoms with Crippen molar-refractivity contribution in [3.8, 4) is 5.75 Å². The molecule has 3 nitrogen and oxygen atoms in total. The average Bonchev–Trinajstić information content (AvgIpc) is 2.55. The number of carbonyl (C=O) groups excluding carboxylic acids is 1. The second-order valence-corrected chi connectivity index (χ2v) is 7.78. The van der Waals surface area contributed by atoms with E-state index in [4.69, 9.17) is 4.74 Å². The summed E-state index contributed by atoms with van der Waals surface area (Å²) in [6.45, 7) is 4.77. The summed E-state index contributed by atoms with van der Waals surface area (Å²) in [6.07, 6.45) is 1.76. The van der Waals surface area contributed by atoms with E-state index in [-0.39, 0.29) is 11.9 Å². The van der Waals surface area contributed by atoms with Gasteiger partial charge in [-0.25, -0.2) is 0 Å². The molecule has 2 rings (SSSR count). The van der Waals surface area contributed by atoms with Gasteiger partial charge in [-0.1, -0.05) is 35.0 Å². The number of halogens is 2. The van der Waals surface area contributed by atoms with Crippen LogP contribution in [0.2, 0.25) is 0 Å². The summed E-state index contributed by atoms with van der Waals surface area (Å²) in [4.78, 5) is 12.4. The number of benzene rings is 2. The van der Waals surface area contributed by atoms with Crippen molar-refractivity contribution in [3.05, 3.63) is 61.6 Å². The van der Waals surface area contributed by atoms with Crippen molar-refractivity contribution < 1.29 is 9.53 Å². The minimum Gasteiger partial charge on any atom is -0.492 e. The highest BCUT2D eigenvalue weighted by molar-refractivity contribution is 14.1. The van der Waals surface area contributed by atoms with E-state index >= 15 is 0 Å². The summed E-state index contributed by atoms with van der Waals surface area (Å²) in [5, 5.41) is 3.05. The largest absolute Gasteiger partial charge is 0.492 e. The monoisotopic (exact) mass is 501 g/mol. The van der Waals surface area contributed by atoms with Crippen LogP contribution in [0, 0.1) is 3.57 Å². The minimum atomic E-state index is -0.0560. The molecule has 0 unspecified atom stereocenters. The van der Waals surface area contributed by atoms with Crippen LogP contribution >= 0.6 is 38.5 Å². The van der Waals surface area contributed by atoms with Crippen LogP contribution in [-0.2, 0) is 6.42 Å². The summed E-state index contributed by atoms with van der Waals surface area (Å²) in [5.41, 5.74) is 1.86. The zero-order valence-electron chi connectivity index (χ0n) is 13.8. The van der Waals surface area contributed by atoms with E-state index in [0.717, 1.165) is 26.6 Å². The molecular weight excluding hydrogens is 481 g/mol. The van der Waals surface area contributed by atoms with Gasteiger partial charge in [0.05, 0.1) is 10.2 Å². The lowest BCUT2D eigenvalue weighted by molar-refractivity contribution is 0.0940. The molecule has 0 fully saturated rings. The average molecular weight is 502 g/mol. The molecule has 0 saturated heterocycles. The maximum absolute atomic E-state index is 12.4. The summed E-state index contributed by atoms with van der Waals surface area (Å²) in [6, 6.07) is 13.8. The Kier molecular flexibility index (Phi) is 7.55. The number of hydrogen-bond donors (Lipinski definition) is 1. The van der Waals surface area contributed by atoms with E-state index in [9.17, 15) is 4.79 Å². The first-order valence-corrected chi connectivity index (χ1v) is 9.84. The van der Waals surface area contributed by atoms with Crippen molar-refractivity contribution >= 4 is 44.4 Å². The molecule has 0 spiro atoms. The van der Waals surface area contributed by atoms with E-state index in [1.807, 2.05) is 37.3 Å². The molecule has 0 heterocycles. The Labute approximate surface area is 165 Å². The molecule has 1 N–H and O–H groups in total. The van der Waals surface area contributed by atoms with E-state index < -0.39 is 0 Å². The van der Waals surface area contributed by atoms with Gasteiger partial charge in [-0.3, -0.25) is 4.79 Å². The Morgan fingerprint density at radius 1 is 1.25 bits per heavy atom. The maximum Gasteiger partial charge on any atom is 0.251 e. The molecule has 5 heteroatoms. The van der Waals surface area contributed by atoms with Crippen molar-refractivity contribution in [3.63, 3.8) is 0 Å². The fourth-order valence-corrected chi connectivity index (χ4v) is 3.24. The third kappa shape index (κ3) is 5.77. The lowest BCUT2D eigenvalue weighted by atomic mass is 10.1. The minimum absolute atomic E-state index is 0.0560. The van der Waals surface area contributed by atoms with Gasteiger partial charge in [0.2, 0.25) is 0 Å². The fraction of sp³-hybridized carbons (Fsp3) is 0.316. The second-order valence-electron chi connectivity index (χ2n) is 5.70. The van der Waals surface area contributed by atoms with E-state index in [0.29, 0.717) is 12.2 Å². The molecule has 0 aromatic heterocycles. The van der Waals surface area contributed by atoms with Crippen molar-refractivity contribution in [2.75, 3.05) is 6.61 Å². The molecule has 24 heavy (non-hydrogen) atoms. The van der Waals surface area contributed by atoms with Crippen LogP contribution in [-0.4, -0.2) is 18.6 Å². The van der Waals surface area contributed by atoms with Gasteiger partial charge in [-0.15, -0.1) is 0 Å². The molecule has 2 aromatic carbocycles. The number of ether oxygens (including phenoxy) is 1. The van der Waals surface area contributed by atoms with Crippen molar-refractivity contribution in [1.82, 2.24) is 5.32 Å². The van der Waals surface area contributed by atoms with Crippen molar-refractivity contribution in [1.29, 1.82) is 0 Å². The highest BCUT2D eigenvalue weighted by Crippen LogP contribution is 2.22. The van der Waals surface area contributed by atoms with Gasteiger partial charge in [-0.2, -0.15) is 0 Å². The normalized spacial score (nSPS) is 11.8. The Balaban J connectivity index is 1.95. The number of nitrogens with one attached hydrogen (secondary N) is 1. The molecule has 0 aliphatic rings. The van der Waals surface area contributed by atoms with Gasteiger partial charge in [0, 0.05) is 16.1 Å². The highest BCUT2D eigenvalue weighted by atomic mass is 127. The van der Waals surface area contributed by atoms with E-state index in [1.54, 1.807) is 0 Å². The zero-order valence-corrected chi connectivity index (χ0v) is 17.6. The zero-order chi connectivity index (χ0) is 17.5. The number of carbonyl (C=O) groups is 1. The molecule has 1 amide bonds. The smallest absolute Gasteiger partial charge is 0.251 e. The predicted octanol–water partition coefficient (Wildman–Crippen LogP) is 5.20. The highest BCUT2D eigenvalue weighted by Gasteiger charge is 2.12. The summed E-state index contributed by atoms with van der Waals surface area (Å²) >= 11 is 5.63. The Bertz CT molecular complexity index is 688. The maximum atomic E-state index is 12.4. The lowest BCUT2D eigenvalue weighted by Crippen LogP contribution is -2.34. The molecular formula is C19H21BrINO2. The van der Waals surface area contributed by atoms with Crippen LogP contribution in [0.3, 0.4) is 0 Å². The first-order chi connectivity index (χ1) is 11.5. The van der Waals surface area contributed by atoms with E-state index in [2.05, 4.69) is 62.9 Å². The molecule has 2 aromatic rings. The molecule has 128 valence electrons. The van der Waals surface area contributed by atoms with Crippen LogP contribution in [0.5, 0.6) is 5.75 Å². The molecule has 0 aliphatic carbocycles. The lowest BCUT2D eigenvalue weighted by Gasteiger charge is -2.15. The van der Waals surface area contributed by atoms with E-state index in [1.165, 1.54) is 5.56 Å². The number of amides is 1. The van der Waals surface area contributed by atoms with Crippen LogP contribution in [0.1, 0.15) is 36.2 Å². The topological polar surface area (TPSA) is 38.3 Å². The van der Waals surface area contributed by atoms with Crippen molar-refractivity contribution in [2.45, 2.75) is 32.7 Å². The Morgan fingerprint density at radius 3 is 2.58 bits per heavy atom. The summed E-state index contributed by atoms with van der Waals surface area (Å²) in [5.74, 6) is 0.775. The van der Waals surface area contributed by atoms with Gasteiger partial charge < -0.3 is 10.1 Å². The van der Waals surface area contributed by atoms with Crippen LogP contribution in [0.25, 0.3) is 0 Å². The SMILES string of the molecule is CCCOc1ccc(C(=O)N[C@H](C)Cc2ccc(Br)cc2)cc1I. The van der Waals surface area contributed by atoms with Gasteiger partial charge >= 0.3 is 0 Å². The summed E-state index contributed by atoms with van der Waals surface area (Å²) in [7, 11) is 0. The molecule has 0 bridgehead atoms. The van der Waals surface area contributed by atoms with Gasteiger partial charge in [0.25, 0.3) is 5.91 Å². The van der Waals surface area contributed by atoms with Gasteiger partial charge in [0.1, 0.15) is 5.75 Å². The fourth-order valence-electron chi connectivity index (χ4n) is 2.30. The molecule has 1 atom stereocenters. The number of hydrogen-bond acceptors (Lipinski definition) is 2. The summed E-state index contributed by atoms with van der Waals surface area (Å²) < 4.78 is 7.66. The van der Waals surface area contributed by atoms with Gasteiger partial charge in [-0.05, 0) is 78.3 Å². The Hall–Kier alpha value is -1.08. The first kappa shape index (κ1) is 19.2. The molecule has 0 saturated carbocycles. The molecule has 0 radical (unpaired) electrons. The van der Waals surface area contributed by atoms with Crippen LogP contribution in [0.4, 0.5) is 0 Å².